The molecule has 0 bridgehead atoms. The van der Waals surface area contributed by atoms with E-state index in [9.17, 15) is 13.2 Å². The molecule has 0 radical (unpaired) electrons. The van der Waals surface area contributed by atoms with Gasteiger partial charge in [-0.3, -0.25) is 9.52 Å². The molecule has 0 fully saturated rings. The molecule has 0 unspecified atom stereocenters. The Morgan fingerprint density at radius 3 is 2.30 bits per heavy atom. The van der Waals surface area contributed by atoms with Crippen LogP contribution in [0, 0.1) is 6.92 Å². The van der Waals surface area contributed by atoms with E-state index in [0.29, 0.717) is 17.8 Å². The Labute approximate surface area is 177 Å². The first-order valence-corrected chi connectivity index (χ1v) is 11.0. The number of benzene rings is 3. The first-order valence-electron chi connectivity index (χ1n) is 9.49. The molecule has 3 rings (SSSR count). The summed E-state index contributed by atoms with van der Waals surface area (Å²) in [6.45, 7) is 2.22. The van der Waals surface area contributed by atoms with E-state index in [2.05, 4.69) is 10.0 Å². The Hall–Kier alpha value is -3.32. The number of rotatable bonds is 7. The molecule has 3 aromatic rings. The summed E-state index contributed by atoms with van der Waals surface area (Å²) in [5.41, 5.74) is 3.79. The van der Waals surface area contributed by atoms with Crippen molar-refractivity contribution in [2.24, 2.45) is 0 Å². The van der Waals surface area contributed by atoms with Gasteiger partial charge in [-0.05, 0) is 60.5 Å². The van der Waals surface area contributed by atoms with E-state index in [0.717, 1.165) is 16.8 Å². The Bertz CT molecular complexity index is 1140. The normalized spacial score (nSPS) is 11.0. The Balaban J connectivity index is 1.67. The number of para-hydroxylation sites is 1. The smallest absolute Gasteiger partial charge is 0.261 e. The summed E-state index contributed by atoms with van der Waals surface area (Å²) in [6, 6.07) is 20.9. The van der Waals surface area contributed by atoms with Crippen LogP contribution in [0.3, 0.4) is 0 Å². The van der Waals surface area contributed by atoms with Crippen molar-refractivity contribution < 1.29 is 13.2 Å². The van der Waals surface area contributed by atoms with Gasteiger partial charge in [-0.2, -0.15) is 0 Å². The van der Waals surface area contributed by atoms with Crippen LogP contribution in [0.5, 0.6) is 0 Å². The largest absolute Gasteiger partial charge is 0.378 e. The number of hydrogen-bond donors (Lipinski definition) is 2. The molecule has 3 aromatic carbocycles. The van der Waals surface area contributed by atoms with Gasteiger partial charge < -0.3 is 10.2 Å². The quantitative estimate of drug-likeness (QED) is 0.606. The van der Waals surface area contributed by atoms with Crippen molar-refractivity contribution in [3.63, 3.8) is 0 Å². The maximum absolute atomic E-state index is 12.6. The maximum Gasteiger partial charge on any atom is 0.261 e. The van der Waals surface area contributed by atoms with Gasteiger partial charge in [-0.25, -0.2) is 8.42 Å². The van der Waals surface area contributed by atoms with Crippen molar-refractivity contribution in [2.75, 3.05) is 23.7 Å². The summed E-state index contributed by atoms with van der Waals surface area (Å²) in [6.07, 6.45) is 0. The molecule has 0 heterocycles. The van der Waals surface area contributed by atoms with Gasteiger partial charge in [0, 0.05) is 31.9 Å². The second-order valence-corrected chi connectivity index (χ2v) is 8.87. The average molecular weight is 424 g/mol. The molecule has 0 aliphatic rings. The summed E-state index contributed by atoms with van der Waals surface area (Å²) in [5, 5.41) is 2.86. The second-order valence-electron chi connectivity index (χ2n) is 7.19. The molecule has 7 heteroatoms. The Morgan fingerprint density at radius 1 is 0.933 bits per heavy atom. The van der Waals surface area contributed by atoms with Crippen LogP contribution in [-0.4, -0.2) is 28.4 Å². The minimum Gasteiger partial charge on any atom is -0.378 e. The summed E-state index contributed by atoms with van der Waals surface area (Å²) >= 11 is 0. The van der Waals surface area contributed by atoms with E-state index in [4.69, 9.17) is 0 Å². The van der Waals surface area contributed by atoms with Gasteiger partial charge in [0.1, 0.15) is 0 Å². The van der Waals surface area contributed by atoms with E-state index in [1.165, 1.54) is 24.3 Å². The number of carbonyl (C=O) groups is 1. The lowest BCUT2D eigenvalue weighted by Gasteiger charge is -2.14. The van der Waals surface area contributed by atoms with Crippen LogP contribution < -0.4 is 14.9 Å². The van der Waals surface area contributed by atoms with Crippen molar-refractivity contribution in [1.82, 2.24) is 5.32 Å². The second kappa shape index (κ2) is 9.00. The molecule has 156 valence electrons. The number of sulfonamides is 1. The summed E-state index contributed by atoms with van der Waals surface area (Å²) in [5.74, 6) is -0.263. The third-order valence-electron chi connectivity index (χ3n) is 4.70. The van der Waals surface area contributed by atoms with Crippen molar-refractivity contribution in [2.45, 2.75) is 18.4 Å². The van der Waals surface area contributed by atoms with Gasteiger partial charge in [-0.15, -0.1) is 0 Å². The number of anilines is 2. The van der Waals surface area contributed by atoms with E-state index in [1.807, 2.05) is 62.3 Å². The molecule has 0 saturated carbocycles. The van der Waals surface area contributed by atoms with Crippen LogP contribution in [0.2, 0.25) is 0 Å². The van der Waals surface area contributed by atoms with Crippen molar-refractivity contribution >= 4 is 27.3 Å². The zero-order valence-corrected chi connectivity index (χ0v) is 18.0. The van der Waals surface area contributed by atoms with E-state index in [-0.39, 0.29) is 10.8 Å². The van der Waals surface area contributed by atoms with Gasteiger partial charge in [0.05, 0.1) is 10.6 Å². The number of hydrogen-bond acceptors (Lipinski definition) is 4. The number of carbonyl (C=O) groups excluding carboxylic acids is 1. The van der Waals surface area contributed by atoms with Crippen LogP contribution in [0.4, 0.5) is 11.4 Å². The van der Waals surface area contributed by atoms with Crippen LogP contribution in [-0.2, 0) is 16.6 Å². The highest BCUT2D eigenvalue weighted by Crippen LogP contribution is 2.20. The van der Waals surface area contributed by atoms with Gasteiger partial charge in [0.15, 0.2) is 0 Å². The first-order chi connectivity index (χ1) is 14.3. The molecule has 6 nitrogen and oxygen atoms in total. The van der Waals surface area contributed by atoms with E-state index in [1.54, 1.807) is 12.1 Å². The minimum absolute atomic E-state index is 0.0981. The number of nitrogens with zero attached hydrogens (tertiary/aromatic N) is 1. The van der Waals surface area contributed by atoms with Crippen molar-refractivity contribution in [1.29, 1.82) is 0 Å². The zero-order chi connectivity index (χ0) is 21.7. The predicted molar refractivity (Wildman–Crippen MR) is 120 cm³/mol. The zero-order valence-electron chi connectivity index (χ0n) is 17.2. The molecule has 0 aromatic heterocycles. The van der Waals surface area contributed by atoms with Crippen LogP contribution in [0.15, 0.2) is 77.7 Å². The van der Waals surface area contributed by atoms with Crippen LogP contribution in [0.1, 0.15) is 21.5 Å². The highest BCUT2D eigenvalue weighted by atomic mass is 32.2. The minimum atomic E-state index is -3.73. The van der Waals surface area contributed by atoms with Gasteiger partial charge >= 0.3 is 0 Å². The summed E-state index contributed by atoms with van der Waals surface area (Å²) in [7, 11) is 0.186. The third kappa shape index (κ3) is 5.18. The SMILES string of the molecule is Cc1ccccc1NS(=O)(=O)c1ccc(C(=O)NCc2cccc(N(C)C)c2)cc1. The Morgan fingerprint density at radius 2 is 1.63 bits per heavy atom. The molecule has 2 N–H and O–H groups in total. The molecular formula is C23H25N3O3S. The molecule has 0 aliphatic heterocycles. The third-order valence-corrected chi connectivity index (χ3v) is 6.08. The number of aryl methyl sites for hydroxylation is 1. The molecule has 0 atom stereocenters. The van der Waals surface area contributed by atoms with Crippen molar-refractivity contribution in [3.8, 4) is 0 Å². The van der Waals surface area contributed by atoms with E-state index >= 15 is 0 Å². The van der Waals surface area contributed by atoms with Gasteiger partial charge in [0.2, 0.25) is 0 Å². The van der Waals surface area contributed by atoms with Crippen LogP contribution >= 0.6 is 0 Å². The summed E-state index contributed by atoms with van der Waals surface area (Å²) < 4.78 is 27.8. The Kier molecular flexibility index (Phi) is 6.42. The lowest BCUT2D eigenvalue weighted by molar-refractivity contribution is 0.0951. The monoisotopic (exact) mass is 423 g/mol. The lowest BCUT2D eigenvalue weighted by atomic mass is 10.1. The fourth-order valence-electron chi connectivity index (χ4n) is 2.91. The van der Waals surface area contributed by atoms with Gasteiger partial charge in [-0.1, -0.05) is 30.3 Å². The van der Waals surface area contributed by atoms with Crippen LogP contribution in [0.25, 0.3) is 0 Å². The number of amides is 1. The van der Waals surface area contributed by atoms with Crippen molar-refractivity contribution in [3.05, 3.63) is 89.5 Å². The van der Waals surface area contributed by atoms with Gasteiger partial charge in [0.25, 0.3) is 15.9 Å². The maximum atomic E-state index is 12.6. The standard InChI is InChI=1S/C23H25N3O3S/c1-17-7-4-5-10-22(17)25-30(28,29)21-13-11-19(12-14-21)23(27)24-16-18-8-6-9-20(15-18)26(2)3/h4-15,25H,16H2,1-3H3,(H,24,27). The van der Waals surface area contributed by atoms with E-state index < -0.39 is 10.0 Å². The average Bonchev–Trinajstić information content (AvgIpc) is 2.74. The summed E-state index contributed by atoms with van der Waals surface area (Å²) in [4.78, 5) is 14.5. The fourth-order valence-corrected chi connectivity index (χ4v) is 4.04. The number of nitrogens with one attached hydrogen (secondary N) is 2. The molecular weight excluding hydrogens is 398 g/mol. The molecule has 0 saturated heterocycles. The topological polar surface area (TPSA) is 78.5 Å². The predicted octanol–water partition coefficient (Wildman–Crippen LogP) is 3.79. The fraction of sp³-hybridized carbons (Fsp3) is 0.174. The molecule has 30 heavy (non-hydrogen) atoms. The highest BCUT2D eigenvalue weighted by Gasteiger charge is 2.16. The lowest BCUT2D eigenvalue weighted by Crippen LogP contribution is -2.23. The molecule has 0 aliphatic carbocycles. The molecule has 1 amide bonds. The molecule has 0 spiro atoms. The first kappa shape index (κ1) is 21.4. The highest BCUT2D eigenvalue weighted by molar-refractivity contribution is 7.92.